The molecule has 0 saturated carbocycles. The molecule has 0 aliphatic rings. The SMILES string of the molecule is Cc1cc(C)cc(N(c2ccccc2)c2ccc(/C=C/c3ccc(N(c4ccc(C(C)(C)C)cc4)c4ccc(C(C)(C)C)cc4)cc3)cc2)c1. The normalized spacial score (nSPS) is 11.9. The van der Waals surface area contributed by atoms with Crippen molar-refractivity contribution < 1.29 is 0 Å². The van der Waals surface area contributed by atoms with E-state index in [0.29, 0.717) is 0 Å². The standard InChI is InChI=1S/C48H50N2/c1-35-32-36(2)34-46(33-35)50(41-12-10-9-11-13-41)43-26-18-38(19-27-43)15-14-37-16-24-42(25-17-37)49(44-28-20-39(21-29-44)47(3,4)5)45-30-22-40(23-31-45)48(6,7)8/h9-34H,1-8H3/b15-14+. The lowest BCUT2D eigenvalue weighted by Gasteiger charge is -2.28. The predicted octanol–water partition coefficient (Wildman–Crippen LogP) is 14.0. The molecule has 0 atom stereocenters. The third-order valence-corrected chi connectivity index (χ3v) is 9.23. The van der Waals surface area contributed by atoms with E-state index in [-0.39, 0.29) is 10.8 Å². The van der Waals surface area contributed by atoms with Crippen molar-refractivity contribution in [3.05, 3.63) is 179 Å². The summed E-state index contributed by atoms with van der Waals surface area (Å²) < 4.78 is 0. The molecule has 0 aliphatic carbocycles. The van der Waals surface area contributed by atoms with Gasteiger partial charge in [0, 0.05) is 34.1 Å². The van der Waals surface area contributed by atoms with Gasteiger partial charge in [0.2, 0.25) is 0 Å². The molecule has 0 spiro atoms. The Morgan fingerprint density at radius 2 is 0.680 bits per heavy atom. The van der Waals surface area contributed by atoms with Gasteiger partial charge >= 0.3 is 0 Å². The van der Waals surface area contributed by atoms with E-state index in [1.165, 1.54) is 27.9 Å². The fourth-order valence-electron chi connectivity index (χ4n) is 6.43. The molecular formula is C48H50N2. The van der Waals surface area contributed by atoms with Gasteiger partial charge in [-0.25, -0.2) is 0 Å². The second-order valence-corrected chi connectivity index (χ2v) is 15.5. The quantitative estimate of drug-likeness (QED) is 0.151. The molecule has 0 unspecified atom stereocenters. The molecule has 0 radical (unpaired) electrons. The number of anilines is 6. The van der Waals surface area contributed by atoms with Gasteiger partial charge in [-0.3, -0.25) is 0 Å². The van der Waals surface area contributed by atoms with E-state index in [1.807, 2.05) is 0 Å². The van der Waals surface area contributed by atoms with Crippen LogP contribution in [0.1, 0.15) is 74.9 Å². The number of para-hydroxylation sites is 1. The number of nitrogens with zero attached hydrogens (tertiary/aromatic N) is 2. The Labute approximate surface area is 300 Å². The topological polar surface area (TPSA) is 6.48 Å². The molecule has 0 amide bonds. The Kier molecular flexibility index (Phi) is 9.84. The van der Waals surface area contributed by atoms with Crippen molar-refractivity contribution in [1.82, 2.24) is 0 Å². The Balaban J connectivity index is 1.26. The van der Waals surface area contributed by atoms with E-state index in [0.717, 1.165) is 39.6 Å². The van der Waals surface area contributed by atoms with Crippen molar-refractivity contribution in [2.45, 2.75) is 66.2 Å². The van der Waals surface area contributed by atoms with Gasteiger partial charge in [0.15, 0.2) is 0 Å². The van der Waals surface area contributed by atoms with E-state index in [4.69, 9.17) is 0 Å². The lowest BCUT2D eigenvalue weighted by Crippen LogP contribution is -2.14. The van der Waals surface area contributed by atoms with Crippen molar-refractivity contribution in [1.29, 1.82) is 0 Å². The summed E-state index contributed by atoms with van der Waals surface area (Å²) in [6.45, 7) is 17.9. The average Bonchev–Trinajstić information content (AvgIpc) is 3.08. The van der Waals surface area contributed by atoms with Gasteiger partial charge in [-0.1, -0.05) is 126 Å². The highest BCUT2D eigenvalue weighted by Crippen LogP contribution is 2.38. The minimum absolute atomic E-state index is 0.105. The fraction of sp³-hybridized carbons (Fsp3) is 0.208. The Bertz CT molecular complexity index is 1960. The highest BCUT2D eigenvalue weighted by atomic mass is 15.1. The van der Waals surface area contributed by atoms with Gasteiger partial charge in [-0.15, -0.1) is 0 Å². The lowest BCUT2D eigenvalue weighted by atomic mass is 9.86. The van der Waals surface area contributed by atoms with Crippen LogP contribution in [0.2, 0.25) is 0 Å². The van der Waals surface area contributed by atoms with Crippen molar-refractivity contribution in [3.63, 3.8) is 0 Å². The van der Waals surface area contributed by atoms with Gasteiger partial charge in [0.1, 0.15) is 0 Å². The number of aryl methyl sites for hydroxylation is 2. The molecule has 2 heteroatoms. The summed E-state index contributed by atoms with van der Waals surface area (Å²) >= 11 is 0. The summed E-state index contributed by atoms with van der Waals surface area (Å²) in [6, 6.07) is 53.0. The Morgan fingerprint density at radius 1 is 0.360 bits per heavy atom. The number of hydrogen-bond donors (Lipinski definition) is 0. The van der Waals surface area contributed by atoms with Gasteiger partial charge < -0.3 is 9.80 Å². The molecule has 6 rings (SSSR count). The maximum atomic E-state index is 2.35. The van der Waals surface area contributed by atoms with E-state index >= 15 is 0 Å². The molecular weight excluding hydrogens is 605 g/mol. The van der Waals surface area contributed by atoms with Gasteiger partial charge in [0.05, 0.1) is 0 Å². The van der Waals surface area contributed by atoms with Crippen LogP contribution in [-0.4, -0.2) is 0 Å². The van der Waals surface area contributed by atoms with E-state index < -0.39 is 0 Å². The van der Waals surface area contributed by atoms with Crippen LogP contribution in [-0.2, 0) is 10.8 Å². The van der Waals surface area contributed by atoms with Gasteiger partial charge in [-0.2, -0.15) is 0 Å². The summed E-state index contributed by atoms with van der Waals surface area (Å²) in [5.41, 5.74) is 14.6. The van der Waals surface area contributed by atoms with Crippen LogP contribution in [0.3, 0.4) is 0 Å². The summed E-state index contributed by atoms with van der Waals surface area (Å²) in [7, 11) is 0. The largest absolute Gasteiger partial charge is 0.311 e. The van der Waals surface area contributed by atoms with Crippen LogP contribution < -0.4 is 9.80 Å². The number of rotatable bonds is 8. The van der Waals surface area contributed by atoms with Crippen LogP contribution >= 0.6 is 0 Å². The highest BCUT2D eigenvalue weighted by Gasteiger charge is 2.18. The van der Waals surface area contributed by atoms with Crippen molar-refractivity contribution in [2.75, 3.05) is 9.80 Å². The molecule has 252 valence electrons. The van der Waals surface area contributed by atoms with E-state index in [1.54, 1.807) is 0 Å². The zero-order valence-corrected chi connectivity index (χ0v) is 30.9. The van der Waals surface area contributed by atoms with Crippen molar-refractivity contribution >= 4 is 46.3 Å². The second-order valence-electron chi connectivity index (χ2n) is 15.5. The monoisotopic (exact) mass is 654 g/mol. The minimum atomic E-state index is 0.105. The van der Waals surface area contributed by atoms with Crippen LogP contribution in [0.15, 0.2) is 146 Å². The zero-order valence-electron chi connectivity index (χ0n) is 30.9. The van der Waals surface area contributed by atoms with E-state index in [9.17, 15) is 0 Å². The summed E-state index contributed by atoms with van der Waals surface area (Å²) in [4.78, 5) is 4.67. The van der Waals surface area contributed by atoms with Crippen molar-refractivity contribution in [3.8, 4) is 0 Å². The fourth-order valence-corrected chi connectivity index (χ4v) is 6.43. The van der Waals surface area contributed by atoms with Crippen LogP contribution in [0, 0.1) is 13.8 Å². The smallest absolute Gasteiger partial charge is 0.0466 e. The molecule has 0 N–H and O–H groups in total. The number of benzene rings is 6. The third-order valence-electron chi connectivity index (χ3n) is 9.23. The minimum Gasteiger partial charge on any atom is -0.311 e. The van der Waals surface area contributed by atoms with Crippen LogP contribution in [0.4, 0.5) is 34.1 Å². The van der Waals surface area contributed by atoms with Gasteiger partial charge in [0.25, 0.3) is 0 Å². The Hall–Kier alpha value is -5.34. The highest BCUT2D eigenvalue weighted by molar-refractivity contribution is 5.80. The first kappa shape index (κ1) is 34.5. The first-order chi connectivity index (χ1) is 23.8. The van der Waals surface area contributed by atoms with Crippen LogP contribution in [0.25, 0.3) is 12.2 Å². The number of hydrogen-bond acceptors (Lipinski definition) is 2. The summed E-state index contributed by atoms with van der Waals surface area (Å²) in [5.74, 6) is 0. The molecule has 0 saturated heterocycles. The first-order valence-corrected chi connectivity index (χ1v) is 17.7. The molecule has 6 aromatic rings. The maximum Gasteiger partial charge on any atom is 0.0466 e. The third kappa shape index (κ3) is 8.09. The molecule has 0 heterocycles. The average molecular weight is 655 g/mol. The second kappa shape index (κ2) is 14.3. The first-order valence-electron chi connectivity index (χ1n) is 17.7. The maximum absolute atomic E-state index is 2.35. The van der Waals surface area contributed by atoms with Gasteiger partial charge in [-0.05, 0) is 131 Å². The lowest BCUT2D eigenvalue weighted by molar-refractivity contribution is 0.590. The molecule has 2 nitrogen and oxygen atoms in total. The molecule has 0 fully saturated rings. The molecule has 0 aliphatic heterocycles. The summed E-state index contributed by atoms with van der Waals surface area (Å²) in [6.07, 6.45) is 4.38. The van der Waals surface area contributed by atoms with Crippen molar-refractivity contribution in [2.24, 2.45) is 0 Å². The van der Waals surface area contributed by atoms with E-state index in [2.05, 4.69) is 223 Å². The molecule has 6 aromatic carbocycles. The molecule has 50 heavy (non-hydrogen) atoms. The summed E-state index contributed by atoms with van der Waals surface area (Å²) in [5, 5.41) is 0. The Morgan fingerprint density at radius 3 is 1.04 bits per heavy atom. The zero-order chi connectivity index (χ0) is 35.5. The molecule has 0 bridgehead atoms. The molecule has 0 aromatic heterocycles. The predicted molar refractivity (Wildman–Crippen MR) is 218 cm³/mol. The van der Waals surface area contributed by atoms with Crippen LogP contribution in [0.5, 0.6) is 0 Å².